The predicted octanol–water partition coefficient (Wildman–Crippen LogP) is 3.68. The number of piperidine rings is 1. The Hall–Kier alpha value is -1.11. The molecule has 1 fully saturated rings. The topological polar surface area (TPSA) is 50.4 Å². The summed E-state index contributed by atoms with van der Waals surface area (Å²) >= 11 is 11.7. The zero-order chi connectivity index (χ0) is 15.4. The van der Waals surface area contributed by atoms with Crippen LogP contribution in [0.3, 0.4) is 0 Å². The molecule has 1 unspecified atom stereocenters. The number of nitrogens with one attached hydrogen (secondary N) is 2. The van der Waals surface area contributed by atoms with Crippen LogP contribution < -0.4 is 15.4 Å². The first-order valence-electron chi connectivity index (χ1n) is 6.45. The molecule has 1 aliphatic rings. The molecule has 1 aromatic rings. The van der Waals surface area contributed by atoms with Gasteiger partial charge in [0.1, 0.15) is 0 Å². The van der Waals surface area contributed by atoms with Crippen LogP contribution in [-0.2, 0) is 4.79 Å². The summed E-state index contributed by atoms with van der Waals surface area (Å²) in [6.07, 6.45) is 2.77. The standard InChI is InChI=1S/C13H14Cl2F2N2O2/c14-8-5-7(6-9(15)11(8)21-13(16)17)19-12(20)10-3-1-2-4-18-10/h5-6,10,13,18H,1-4H2,(H,19,20). The Morgan fingerprint density at radius 1 is 1.33 bits per heavy atom. The van der Waals surface area contributed by atoms with Crippen LogP contribution in [0.2, 0.25) is 10.0 Å². The molecule has 1 heterocycles. The molecule has 0 spiro atoms. The fourth-order valence-corrected chi connectivity index (χ4v) is 2.71. The van der Waals surface area contributed by atoms with Gasteiger partial charge in [-0.25, -0.2) is 0 Å². The van der Waals surface area contributed by atoms with E-state index in [1.54, 1.807) is 0 Å². The lowest BCUT2D eigenvalue weighted by Crippen LogP contribution is -2.43. The van der Waals surface area contributed by atoms with Gasteiger partial charge >= 0.3 is 6.61 Å². The number of carbonyl (C=O) groups is 1. The van der Waals surface area contributed by atoms with Gasteiger partial charge in [0.25, 0.3) is 0 Å². The molecule has 0 aromatic heterocycles. The SMILES string of the molecule is O=C(Nc1cc(Cl)c(OC(F)F)c(Cl)c1)C1CCCCN1. The minimum atomic E-state index is -3.02. The van der Waals surface area contributed by atoms with E-state index in [2.05, 4.69) is 15.4 Å². The molecule has 4 nitrogen and oxygen atoms in total. The van der Waals surface area contributed by atoms with Crippen LogP contribution >= 0.6 is 23.2 Å². The third-order valence-corrected chi connectivity index (χ3v) is 3.66. The molecule has 2 rings (SSSR count). The number of hydrogen-bond acceptors (Lipinski definition) is 3. The third-order valence-electron chi connectivity index (χ3n) is 3.10. The second-order valence-electron chi connectivity index (χ2n) is 4.64. The van der Waals surface area contributed by atoms with E-state index in [1.807, 2.05) is 0 Å². The summed E-state index contributed by atoms with van der Waals surface area (Å²) in [7, 11) is 0. The van der Waals surface area contributed by atoms with Crippen molar-refractivity contribution in [3.05, 3.63) is 22.2 Å². The van der Waals surface area contributed by atoms with E-state index in [4.69, 9.17) is 23.2 Å². The second-order valence-corrected chi connectivity index (χ2v) is 5.45. The average Bonchev–Trinajstić information content (AvgIpc) is 2.43. The Kier molecular flexibility index (Phi) is 5.61. The van der Waals surface area contributed by atoms with Crippen molar-refractivity contribution < 1.29 is 18.3 Å². The van der Waals surface area contributed by atoms with Gasteiger partial charge in [-0.1, -0.05) is 29.6 Å². The fraction of sp³-hybridized carbons (Fsp3) is 0.462. The molecule has 116 valence electrons. The highest BCUT2D eigenvalue weighted by molar-refractivity contribution is 6.37. The van der Waals surface area contributed by atoms with Gasteiger partial charge in [0.05, 0.1) is 16.1 Å². The molecule has 0 saturated carbocycles. The highest BCUT2D eigenvalue weighted by Crippen LogP contribution is 2.37. The van der Waals surface area contributed by atoms with E-state index in [0.717, 1.165) is 25.8 Å². The Morgan fingerprint density at radius 2 is 2.00 bits per heavy atom. The normalized spacial score (nSPS) is 18.6. The number of carbonyl (C=O) groups excluding carboxylic acids is 1. The molecule has 1 atom stereocenters. The summed E-state index contributed by atoms with van der Waals surface area (Å²) in [5, 5.41) is 5.59. The Morgan fingerprint density at radius 3 is 2.52 bits per heavy atom. The maximum Gasteiger partial charge on any atom is 0.387 e. The quantitative estimate of drug-likeness (QED) is 0.880. The highest BCUT2D eigenvalue weighted by atomic mass is 35.5. The van der Waals surface area contributed by atoms with Crippen molar-refractivity contribution in [1.82, 2.24) is 5.32 Å². The molecule has 8 heteroatoms. The lowest BCUT2D eigenvalue weighted by atomic mass is 10.0. The van der Waals surface area contributed by atoms with Gasteiger partial charge in [-0.2, -0.15) is 8.78 Å². The number of alkyl halides is 2. The van der Waals surface area contributed by atoms with Gasteiger partial charge < -0.3 is 15.4 Å². The highest BCUT2D eigenvalue weighted by Gasteiger charge is 2.21. The van der Waals surface area contributed by atoms with Crippen molar-refractivity contribution in [2.45, 2.75) is 31.9 Å². The number of halogens is 4. The Bertz CT molecular complexity index is 500. The van der Waals surface area contributed by atoms with E-state index >= 15 is 0 Å². The molecule has 21 heavy (non-hydrogen) atoms. The summed E-state index contributed by atoms with van der Waals surface area (Å²) in [5.74, 6) is -0.508. The minimum absolute atomic E-state index is 0.0882. The van der Waals surface area contributed by atoms with E-state index < -0.39 is 6.61 Å². The zero-order valence-electron chi connectivity index (χ0n) is 11.0. The van der Waals surface area contributed by atoms with Crippen molar-refractivity contribution >= 4 is 34.8 Å². The number of ether oxygens (including phenoxy) is 1. The lowest BCUT2D eigenvalue weighted by molar-refractivity contribution is -0.118. The molecule has 2 N–H and O–H groups in total. The van der Waals surface area contributed by atoms with Gasteiger partial charge in [-0.15, -0.1) is 0 Å². The second kappa shape index (κ2) is 7.24. The zero-order valence-corrected chi connectivity index (χ0v) is 12.5. The number of amides is 1. The lowest BCUT2D eigenvalue weighted by Gasteiger charge is -2.22. The average molecular weight is 339 g/mol. The molecule has 1 amide bonds. The smallest absolute Gasteiger partial charge is 0.387 e. The van der Waals surface area contributed by atoms with Crippen LogP contribution in [0.15, 0.2) is 12.1 Å². The first-order chi connectivity index (χ1) is 9.97. The predicted molar refractivity (Wildman–Crippen MR) is 77.4 cm³/mol. The van der Waals surface area contributed by atoms with Crippen LogP contribution in [0.4, 0.5) is 14.5 Å². The van der Waals surface area contributed by atoms with E-state index in [-0.39, 0.29) is 27.7 Å². The largest absolute Gasteiger partial charge is 0.432 e. The fourth-order valence-electron chi connectivity index (χ4n) is 2.14. The molecule has 1 aliphatic heterocycles. The Balaban J connectivity index is 2.08. The molecule has 0 aliphatic carbocycles. The van der Waals surface area contributed by atoms with E-state index in [1.165, 1.54) is 12.1 Å². The number of benzene rings is 1. The molecule has 0 bridgehead atoms. The van der Waals surface area contributed by atoms with Crippen molar-refractivity contribution in [3.63, 3.8) is 0 Å². The monoisotopic (exact) mass is 338 g/mol. The summed E-state index contributed by atoms with van der Waals surface area (Å²) in [5.41, 5.74) is 0.337. The van der Waals surface area contributed by atoms with Crippen LogP contribution in [0.25, 0.3) is 0 Å². The van der Waals surface area contributed by atoms with Crippen molar-refractivity contribution in [1.29, 1.82) is 0 Å². The minimum Gasteiger partial charge on any atom is -0.432 e. The molecular weight excluding hydrogens is 325 g/mol. The van der Waals surface area contributed by atoms with Gasteiger partial charge in [-0.05, 0) is 31.5 Å². The molecular formula is C13H14Cl2F2N2O2. The number of hydrogen-bond donors (Lipinski definition) is 2. The summed E-state index contributed by atoms with van der Waals surface area (Å²) in [4.78, 5) is 12.0. The van der Waals surface area contributed by atoms with Gasteiger partial charge in [0.2, 0.25) is 5.91 Å². The van der Waals surface area contributed by atoms with Crippen LogP contribution in [0, 0.1) is 0 Å². The summed E-state index contributed by atoms with van der Waals surface area (Å²) in [6, 6.07) is 2.38. The molecule has 1 aromatic carbocycles. The Labute approximate surface area is 130 Å². The van der Waals surface area contributed by atoms with Crippen LogP contribution in [-0.4, -0.2) is 25.1 Å². The maximum absolute atomic E-state index is 12.2. The number of rotatable bonds is 4. The third kappa shape index (κ3) is 4.43. The van der Waals surface area contributed by atoms with Crippen molar-refractivity contribution in [2.24, 2.45) is 0 Å². The van der Waals surface area contributed by atoms with Crippen molar-refractivity contribution in [2.75, 3.05) is 11.9 Å². The van der Waals surface area contributed by atoms with Crippen molar-refractivity contribution in [3.8, 4) is 5.75 Å². The molecule has 1 saturated heterocycles. The summed E-state index contributed by atoms with van der Waals surface area (Å²) in [6.45, 7) is -2.23. The van der Waals surface area contributed by atoms with Crippen LogP contribution in [0.1, 0.15) is 19.3 Å². The number of anilines is 1. The molecule has 0 radical (unpaired) electrons. The van der Waals surface area contributed by atoms with Gasteiger partial charge in [0.15, 0.2) is 5.75 Å². The van der Waals surface area contributed by atoms with Gasteiger partial charge in [-0.3, -0.25) is 4.79 Å². The first-order valence-corrected chi connectivity index (χ1v) is 7.21. The van der Waals surface area contributed by atoms with E-state index in [0.29, 0.717) is 5.69 Å². The van der Waals surface area contributed by atoms with E-state index in [9.17, 15) is 13.6 Å². The van der Waals surface area contributed by atoms with Crippen LogP contribution in [0.5, 0.6) is 5.75 Å². The van der Waals surface area contributed by atoms with Gasteiger partial charge in [0, 0.05) is 5.69 Å². The maximum atomic E-state index is 12.2. The first kappa shape index (κ1) is 16.3. The summed E-state index contributed by atoms with van der Waals surface area (Å²) < 4.78 is 28.7.